The van der Waals surface area contributed by atoms with E-state index in [1.807, 2.05) is 18.2 Å². The van der Waals surface area contributed by atoms with E-state index in [1.54, 1.807) is 66.7 Å². The summed E-state index contributed by atoms with van der Waals surface area (Å²) in [6.45, 7) is -0.876. The van der Waals surface area contributed by atoms with E-state index in [1.165, 1.54) is 24.3 Å². The lowest BCUT2D eigenvalue weighted by Crippen LogP contribution is -2.48. The average Bonchev–Trinajstić information content (AvgIpc) is 2.95. The van der Waals surface area contributed by atoms with Crippen LogP contribution in [0.3, 0.4) is 0 Å². The molecule has 0 spiro atoms. The fourth-order valence-electron chi connectivity index (χ4n) is 3.94. The number of benzene rings is 4. The summed E-state index contributed by atoms with van der Waals surface area (Å²) in [5.41, 5.74) is -1.13. The second-order valence-corrected chi connectivity index (χ2v) is 8.78. The lowest BCUT2D eigenvalue weighted by atomic mass is 9.81. The van der Waals surface area contributed by atoms with Crippen molar-refractivity contribution in [2.75, 3.05) is 11.9 Å². The van der Waals surface area contributed by atoms with Crippen LogP contribution in [0.15, 0.2) is 109 Å². The molecule has 0 fully saturated rings. The van der Waals surface area contributed by atoms with Crippen molar-refractivity contribution >= 4 is 29.5 Å². The highest BCUT2D eigenvalue weighted by molar-refractivity contribution is 6.06. The van der Waals surface area contributed by atoms with Crippen molar-refractivity contribution in [3.63, 3.8) is 0 Å². The smallest absolute Gasteiger partial charge is 0.329 e. The summed E-state index contributed by atoms with van der Waals surface area (Å²) < 4.78 is 11.0. The van der Waals surface area contributed by atoms with Gasteiger partial charge in [-0.3, -0.25) is 19.2 Å². The number of carbonyl (C=O) groups excluding carboxylic acids is 2. The van der Waals surface area contributed by atoms with E-state index in [-0.39, 0.29) is 12.0 Å². The first kappa shape index (κ1) is 27.6. The van der Waals surface area contributed by atoms with Gasteiger partial charge in [0.2, 0.25) is 5.41 Å². The van der Waals surface area contributed by atoms with Crippen LogP contribution in [0.2, 0.25) is 0 Å². The van der Waals surface area contributed by atoms with Gasteiger partial charge in [-0.2, -0.15) is 0 Å². The van der Waals surface area contributed by atoms with Crippen molar-refractivity contribution in [3.05, 3.63) is 126 Å². The van der Waals surface area contributed by atoms with Gasteiger partial charge >= 0.3 is 17.9 Å². The second kappa shape index (κ2) is 12.4. The van der Waals surface area contributed by atoms with Gasteiger partial charge in [0.05, 0.1) is 12.0 Å². The molecule has 1 amide bonds. The molecule has 202 valence electrons. The number of aliphatic carboxylic acids is 2. The quantitative estimate of drug-likeness (QED) is 0.180. The van der Waals surface area contributed by atoms with E-state index in [2.05, 4.69) is 5.32 Å². The van der Waals surface area contributed by atoms with Crippen LogP contribution in [0.25, 0.3) is 0 Å². The number of carboxylic acid groups (broad SMARTS) is 2. The Bertz CT molecular complexity index is 1490. The third-order valence-corrected chi connectivity index (χ3v) is 6.11. The standard InChI is InChI=1S/C31H25NO8/c33-27(39-20-31(29(35)36,30(37)38)22-9-3-1-4-10-22)19-21-15-17-23(18-16-21)32-28(34)25-13-7-8-14-26(25)40-24-11-5-2-6-12-24/h1-18H,19-20H2,(H,32,34)(H,35,36)(H,37,38). The third kappa shape index (κ3) is 6.33. The van der Waals surface area contributed by atoms with Crippen LogP contribution >= 0.6 is 0 Å². The number of hydrogen-bond donors (Lipinski definition) is 3. The molecule has 0 aromatic heterocycles. The van der Waals surface area contributed by atoms with Crippen LogP contribution in [-0.2, 0) is 31.0 Å². The Morgan fingerprint density at radius 2 is 1.27 bits per heavy atom. The highest BCUT2D eigenvalue weighted by atomic mass is 16.5. The largest absolute Gasteiger partial charge is 0.480 e. The van der Waals surface area contributed by atoms with Crippen molar-refractivity contribution in [1.29, 1.82) is 0 Å². The highest BCUT2D eigenvalue weighted by Crippen LogP contribution is 2.27. The fraction of sp³-hybridized carbons (Fsp3) is 0.0968. The molecule has 0 aliphatic heterocycles. The Hall–Kier alpha value is -5.44. The van der Waals surface area contributed by atoms with Crippen LogP contribution in [0, 0.1) is 0 Å². The first-order valence-corrected chi connectivity index (χ1v) is 12.2. The summed E-state index contributed by atoms with van der Waals surface area (Å²) in [7, 11) is 0. The number of carboxylic acids is 2. The van der Waals surface area contributed by atoms with Gasteiger partial charge in [-0.25, -0.2) is 0 Å². The van der Waals surface area contributed by atoms with Crippen molar-refractivity contribution in [2.24, 2.45) is 0 Å². The number of hydrogen-bond acceptors (Lipinski definition) is 6. The minimum absolute atomic E-state index is 0.0152. The van der Waals surface area contributed by atoms with Crippen molar-refractivity contribution in [1.82, 2.24) is 0 Å². The number of esters is 1. The SMILES string of the molecule is O=C(Cc1ccc(NC(=O)c2ccccc2Oc2ccccc2)cc1)OCC(C(=O)O)(C(=O)O)c1ccccc1. The summed E-state index contributed by atoms with van der Waals surface area (Å²) >= 11 is 0. The molecule has 0 radical (unpaired) electrons. The van der Waals surface area contributed by atoms with Crippen molar-refractivity contribution in [3.8, 4) is 11.5 Å². The Morgan fingerprint density at radius 3 is 1.90 bits per heavy atom. The third-order valence-electron chi connectivity index (χ3n) is 6.11. The Labute approximate surface area is 229 Å². The summed E-state index contributed by atoms with van der Waals surface area (Å²) in [6.07, 6.45) is -0.230. The molecular formula is C31H25NO8. The predicted molar refractivity (Wildman–Crippen MR) is 145 cm³/mol. The molecule has 4 aromatic rings. The monoisotopic (exact) mass is 539 g/mol. The summed E-state index contributed by atoms with van der Waals surface area (Å²) in [4.78, 5) is 49.3. The average molecular weight is 540 g/mol. The second-order valence-electron chi connectivity index (χ2n) is 8.78. The van der Waals surface area contributed by atoms with Crippen molar-refractivity contribution in [2.45, 2.75) is 11.8 Å². The van der Waals surface area contributed by atoms with Gasteiger partial charge < -0.3 is 25.0 Å². The lowest BCUT2D eigenvalue weighted by Gasteiger charge is -2.25. The normalized spacial score (nSPS) is 10.8. The van der Waals surface area contributed by atoms with E-state index >= 15 is 0 Å². The van der Waals surface area contributed by atoms with Gasteiger partial charge in [-0.15, -0.1) is 0 Å². The number of rotatable bonds is 11. The van der Waals surface area contributed by atoms with Crippen LogP contribution < -0.4 is 10.1 Å². The van der Waals surface area contributed by atoms with Gasteiger partial charge in [0.1, 0.15) is 18.1 Å². The topological polar surface area (TPSA) is 139 Å². The molecule has 0 atom stereocenters. The number of anilines is 1. The molecule has 3 N–H and O–H groups in total. The number of para-hydroxylation sites is 2. The number of nitrogens with one attached hydrogen (secondary N) is 1. The zero-order chi connectivity index (χ0) is 28.5. The maximum atomic E-state index is 12.9. The molecule has 0 aliphatic rings. The molecule has 4 rings (SSSR count). The maximum absolute atomic E-state index is 12.9. The Kier molecular flexibility index (Phi) is 8.55. The van der Waals surface area contributed by atoms with Gasteiger partial charge in [0, 0.05) is 5.69 Å². The lowest BCUT2D eigenvalue weighted by molar-refractivity contribution is -0.163. The van der Waals surface area contributed by atoms with Crippen LogP contribution in [0.4, 0.5) is 5.69 Å². The van der Waals surface area contributed by atoms with Gasteiger partial charge in [-0.05, 0) is 47.5 Å². The molecule has 4 aromatic carbocycles. The van der Waals surface area contributed by atoms with E-state index < -0.39 is 35.8 Å². The van der Waals surface area contributed by atoms with E-state index in [9.17, 15) is 29.4 Å². The molecule has 9 heteroatoms. The molecule has 40 heavy (non-hydrogen) atoms. The summed E-state index contributed by atoms with van der Waals surface area (Å²) in [5.74, 6) is -3.50. The van der Waals surface area contributed by atoms with Crippen LogP contribution in [-0.4, -0.2) is 40.6 Å². The van der Waals surface area contributed by atoms with Crippen LogP contribution in [0.5, 0.6) is 11.5 Å². The minimum atomic E-state index is -2.44. The highest BCUT2D eigenvalue weighted by Gasteiger charge is 2.50. The Morgan fingerprint density at radius 1 is 0.700 bits per heavy atom. The minimum Gasteiger partial charge on any atom is -0.480 e. The fourth-order valence-corrected chi connectivity index (χ4v) is 3.94. The van der Waals surface area contributed by atoms with Gasteiger partial charge in [0.25, 0.3) is 5.91 Å². The number of carbonyl (C=O) groups is 4. The van der Waals surface area contributed by atoms with E-state index in [4.69, 9.17) is 9.47 Å². The van der Waals surface area contributed by atoms with Gasteiger partial charge in [0.15, 0.2) is 0 Å². The molecule has 0 aliphatic carbocycles. The van der Waals surface area contributed by atoms with Crippen molar-refractivity contribution < 1.29 is 38.9 Å². The van der Waals surface area contributed by atoms with Crippen LogP contribution in [0.1, 0.15) is 21.5 Å². The van der Waals surface area contributed by atoms with E-state index in [0.717, 1.165) is 0 Å². The van der Waals surface area contributed by atoms with Gasteiger partial charge in [-0.1, -0.05) is 72.8 Å². The summed E-state index contributed by atoms with van der Waals surface area (Å²) in [6, 6.07) is 29.6. The first-order chi connectivity index (χ1) is 19.3. The summed E-state index contributed by atoms with van der Waals surface area (Å²) in [5, 5.41) is 22.2. The van der Waals surface area contributed by atoms with E-state index in [0.29, 0.717) is 28.3 Å². The molecule has 0 saturated heterocycles. The molecule has 0 heterocycles. The molecule has 0 unspecified atom stereocenters. The zero-order valence-electron chi connectivity index (χ0n) is 21.2. The number of ether oxygens (including phenoxy) is 2. The first-order valence-electron chi connectivity index (χ1n) is 12.2. The molecule has 9 nitrogen and oxygen atoms in total. The molecular weight excluding hydrogens is 514 g/mol. The predicted octanol–water partition coefficient (Wildman–Crippen LogP) is 4.92. The molecule has 0 bridgehead atoms. The zero-order valence-corrected chi connectivity index (χ0v) is 21.2. The number of amides is 1. The molecule has 0 saturated carbocycles. The maximum Gasteiger partial charge on any atom is 0.329 e. The Balaban J connectivity index is 1.38.